The van der Waals surface area contributed by atoms with Gasteiger partial charge in [0.15, 0.2) is 15.7 Å². The van der Waals surface area contributed by atoms with Crippen LogP contribution in [-0.2, 0) is 16.4 Å². The molecule has 0 fully saturated rings. The number of carbonyl (C=O) groups excluding carboxylic acids is 1. The summed E-state index contributed by atoms with van der Waals surface area (Å²) < 4.78 is 25.5. The zero-order valence-electron chi connectivity index (χ0n) is 16.1. The Balaban J connectivity index is 1.41. The molecule has 0 bridgehead atoms. The van der Waals surface area contributed by atoms with E-state index < -0.39 is 9.84 Å². The summed E-state index contributed by atoms with van der Waals surface area (Å²) in [5.41, 5.74) is 1.58. The number of nitrogens with zero attached hydrogens (tertiary/aromatic N) is 5. The molecular formula is C19H15BrN6O3S2. The highest BCUT2D eigenvalue weighted by Crippen LogP contribution is 2.25. The Morgan fingerprint density at radius 2 is 2.00 bits per heavy atom. The van der Waals surface area contributed by atoms with Gasteiger partial charge < -0.3 is 5.32 Å². The summed E-state index contributed by atoms with van der Waals surface area (Å²) >= 11 is 4.68. The molecule has 0 aliphatic heterocycles. The zero-order valence-corrected chi connectivity index (χ0v) is 19.3. The summed E-state index contributed by atoms with van der Waals surface area (Å²) in [5, 5.41) is 13.1. The molecule has 0 atom stereocenters. The average Bonchev–Trinajstić information content (AvgIpc) is 3.42. The lowest BCUT2D eigenvalue weighted by atomic mass is 10.2. The molecule has 158 valence electrons. The first kappa shape index (κ1) is 21.3. The van der Waals surface area contributed by atoms with Gasteiger partial charge in [-0.1, -0.05) is 33.3 Å². The average molecular weight is 519 g/mol. The second-order valence-electron chi connectivity index (χ2n) is 6.50. The van der Waals surface area contributed by atoms with Crippen molar-refractivity contribution in [2.24, 2.45) is 0 Å². The number of amides is 1. The van der Waals surface area contributed by atoms with Gasteiger partial charge in [-0.3, -0.25) is 4.79 Å². The third-order valence-corrected chi connectivity index (χ3v) is 6.69. The lowest BCUT2D eigenvalue weighted by molar-refractivity contribution is 0.0946. The molecule has 0 spiro atoms. The lowest BCUT2D eigenvalue weighted by Crippen LogP contribution is -2.23. The van der Waals surface area contributed by atoms with Crippen molar-refractivity contribution in [3.05, 3.63) is 70.0 Å². The van der Waals surface area contributed by atoms with Crippen LogP contribution in [0.3, 0.4) is 0 Å². The number of hydrogen-bond acceptors (Lipinski definition) is 8. The van der Waals surface area contributed by atoms with Gasteiger partial charge in [0, 0.05) is 27.9 Å². The van der Waals surface area contributed by atoms with Crippen LogP contribution in [0.5, 0.6) is 0 Å². The second-order valence-corrected chi connectivity index (χ2v) is 10.3. The monoisotopic (exact) mass is 518 g/mol. The molecule has 1 N–H and O–H groups in total. The normalized spacial score (nSPS) is 11.4. The maximum atomic E-state index is 12.4. The molecule has 4 aromatic rings. The Bertz CT molecular complexity index is 1350. The number of pyridine rings is 1. The molecule has 0 saturated carbocycles. The maximum Gasteiger partial charge on any atom is 0.271 e. The molecule has 9 nitrogen and oxygen atoms in total. The third-order valence-electron chi connectivity index (χ3n) is 4.18. The summed E-state index contributed by atoms with van der Waals surface area (Å²) in [6, 6.07) is 10.0. The predicted octanol–water partition coefficient (Wildman–Crippen LogP) is 2.88. The van der Waals surface area contributed by atoms with E-state index in [0.717, 1.165) is 16.3 Å². The molecule has 0 aliphatic carbocycles. The van der Waals surface area contributed by atoms with Crippen LogP contribution in [0.25, 0.3) is 16.4 Å². The van der Waals surface area contributed by atoms with Crippen molar-refractivity contribution in [1.29, 1.82) is 0 Å². The van der Waals surface area contributed by atoms with Gasteiger partial charge in [-0.2, -0.15) is 0 Å². The molecule has 1 amide bonds. The van der Waals surface area contributed by atoms with Crippen molar-refractivity contribution in [2.45, 2.75) is 11.4 Å². The summed E-state index contributed by atoms with van der Waals surface area (Å²) in [4.78, 5) is 21.2. The van der Waals surface area contributed by atoms with Crippen LogP contribution in [0.15, 0.2) is 63.5 Å². The van der Waals surface area contributed by atoms with E-state index in [9.17, 15) is 13.2 Å². The van der Waals surface area contributed by atoms with Crippen molar-refractivity contribution < 1.29 is 13.2 Å². The van der Waals surface area contributed by atoms with Crippen molar-refractivity contribution in [1.82, 2.24) is 30.3 Å². The Hall–Kier alpha value is -2.96. The highest BCUT2D eigenvalue weighted by Gasteiger charge is 2.14. The summed E-state index contributed by atoms with van der Waals surface area (Å²) in [6.07, 6.45) is 4.49. The van der Waals surface area contributed by atoms with Crippen LogP contribution in [0.4, 0.5) is 0 Å². The van der Waals surface area contributed by atoms with E-state index >= 15 is 0 Å². The van der Waals surface area contributed by atoms with Gasteiger partial charge >= 0.3 is 0 Å². The number of halogens is 1. The molecule has 1 aromatic carbocycles. The van der Waals surface area contributed by atoms with E-state index in [0.29, 0.717) is 16.5 Å². The Labute approximate surface area is 190 Å². The fourth-order valence-electron chi connectivity index (χ4n) is 2.63. The molecular weight excluding hydrogens is 504 g/mol. The summed E-state index contributed by atoms with van der Waals surface area (Å²) in [6.45, 7) is 0.183. The van der Waals surface area contributed by atoms with Gasteiger partial charge in [0.1, 0.15) is 16.4 Å². The fraction of sp³-hybridized carbons (Fsp3) is 0.105. The number of carbonyl (C=O) groups is 1. The topological polar surface area (TPSA) is 120 Å². The van der Waals surface area contributed by atoms with Crippen molar-refractivity contribution in [2.75, 3.05) is 6.26 Å². The molecule has 12 heteroatoms. The summed E-state index contributed by atoms with van der Waals surface area (Å²) in [7, 11) is -3.26. The Morgan fingerprint density at radius 1 is 1.23 bits per heavy atom. The SMILES string of the molecule is CS(=O)(=O)c1ccc(-c2nc(C(=O)NCc3cn(-c4cc(Br)ccn4)nn3)cs2)cc1. The van der Waals surface area contributed by atoms with Crippen LogP contribution < -0.4 is 5.32 Å². The van der Waals surface area contributed by atoms with E-state index in [1.54, 1.807) is 36.0 Å². The zero-order chi connectivity index (χ0) is 22.0. The molecule has 4 rings (SSSR count). The largest absolute Gasteiger partial charge is 0.345 e. The molecule has 3 heterocycles. The van der Waals surface area contributed by atoms with Crippen molar-refractivity contribution in [3.63, 3.8) is 0 Å². The Kier molecular flexibility index (Phi) is 5.94. The minimum atomic E-state index is -3.26. The fourth-order valence-corrected chi connectivity index (χ4v) is 4.39. The lowest BCUT2D eigenvalue weighted by Gasteiger charge is -2.01. The number of hydrogen-bond donors (Lipinski definition) is 1. The molecule has 3 aromatic heterocycles. The summed E-state index contributed by atoms with van der Waals surface area (Å²) in [5.74, 6) is 0.260. The van der Waals surface area contributed by atoms with E-state index in [1.165, 1.54) is 28.2 Å². The van der Waals surface area contributed by atoms with Gasteiger partial charge in [-0.15, -0.1) is 16.4 Å². The first-order valence-electron chi connectivity index (χ1n) is 8.87. The van der Waals surface area contributed by atoms with Gasteiger partial charge in [0.2, 0.25) is 0 Å². The number of sulfone groups is 1. The van der Waals surface area contributed by atoms with E-state index in [1.807, 2.05) is 6.07 Å². The number of benzene rings is 1. The molecule has 31 heavy (non-hydrogen) atoms. The predicted molar refractivity (Wildman–Crippen MR) is 119 cm³/mol. The second kappa shape index (κ2) is 8.65. The molecule has 0 radical (unpaired) electrons. The molecule has 0 unspecified atom stereocenters. The van der Waals surface area contributed by atoms with E-state index in [2.05, 4.69) is 41.5 Å². The Morgan fingerprint density at radius 3 is 2.71 bits per heavy atom. The standard InChI is InChI=1S/C19H15BrN6O3S2/c1-31(28,29)15-4-2-12(3-5-15)19-23-16(11-30-19)18(27)22-9-14-10-26(25-24-14)17-8-13(20)6-7-21-17/h2-8,10-11H,9H2,1H3,(H,22,27). The van der Waals surface area contributed by atoms with Crippen LogP contribution >= 0.6 is 27.3 Å². The highest BCUT2D eigenvalue weighted by molar-refractivity contribution is 9.10. The first-order chi connectivity index (χ1) is 14.8. The first-order valence-corrected chi connectivity index (χ1v) is 12.4. The quantitative estimate of drug-likeness (QED) is 0.416. The van der Waals surface area contributed by atoms with E-state index in [4.69, 9.17) is 0 Å². The molecule has 0 saturated heterocycles. The maximum absolute atomic E-state index is 12.4. The number of aromatic nitrogens is 5. The number of thiazole rings is 1. The minimum absolute atomic E-state index is 0.183. The number of nitrogens with one attached hydrogen (secondary N) is 1. The van der Waals surface area contributed by atoms with Crippen molar-refractivity contribution >= 4 is 43.0 Å². The minimum Gasteiger partial charge on any atom is -0.345 e. The molecule has 0 aliphatic rings. The van der Waals surface area contributed by atoms with Crippen LogP contribution in [0.2, 0.25) is 0 Å². The van der Waals surface area contributed by atoms with Crippen LogP contribution in [0, 0.1) is 0 Å². The van der Waals surface area contributed by atoms with Crippen LogP contribution in [0.1, 0.15) is 16.2 Å². The van der Waals surface area contributed by atoms with Crippen LogP contribution in [-0.4, -0.2) is 45.5 Å². The van der Waals surface area contributed by atoms with Gasteiger partial charge in [0.05, 0.1) is 17.6 Å². The van der Waals surface area contributed by atoms with E-state index in [-0.39, 0.29) is 23.0 Å². The highest BCUT2D eigenvalue weighted by atomic mass is 79.9. The third kappa shape index (κ3) is 5.03. The number of rotatable bonds is 6. The smallest absolute Gasteiger partial charge is 0.271 e. The van der Waals surface area contributed by atoms with Gasteiger partial charge in [-0.05, 0) is 24.3 Å². The van der Waals surface area contributed by atoms with Gasteiger partial charge in [0.25, 0.3) is 5.91 Å². The van der Waals surface area contributed by atoms with Gasteiger partial charge in [-0.25, -0.2) is 23.1 Å². The van der Waals surface area contributed by atoms with Crippen molar-refractivity contribution in [3.8, 4) is 16.4 Å².